The van der Waals surface area contributed by atoms with Crippen LogP contribution in [0.4, 0.5) is 10.1 Å². The normalized spacial score (nSPS) is 9.93. The fourth-order valence-electron chi connectivity index (χ4n) is 1.23. The summed E-state index contributed by atoms with van der Waals surface area (Å²) in [5, 5.41) is 0. The highest BCUT2D eigenvalue weighted by molar-refractivity contribution is 5.91. The van der Waals surface area contributed by atoms with Crippen LogP contribution in [-0.2, 0) is 4.74 Å². The molecule has 76 valence electrons. The Hall–Kier alpha value is -1.58. The van der Waals surface area contributed by atoms with Gasteiger partial charge in [0.25, 0.3) is 0 Å². The predicted octanol–water partition coefficient (Wildman–Crippen LogP) is 1.89. The number of hydrogen-bond acceptors (Lipinski definition) is 3. The van der Waals surface area contributed by atoms with E-state index in [1.54, 1.807) is 13.8 Å². The smallest absolute Gasteiger partial charge is 0.341 e. The molecule has 0 fully saturated rings. The predicted molar refractivity (Wildman–Crippen MR) is 51.5 cm³/mol. The summed E-state index contributed by atoms with van der Waals surface area (Å²) >= 11 is 0. The Morgan fingerprint density at radius 1 is 1.57 bits per heavy atom. The Balaban J connectivity index is 3.14. The summed E-state index contributed by atoms with van der Waals surface area (Å²) in [5.41, 5.74) is 6.16. The van der Waals surface area contributed by atoms with E-state index in [1.165, 1.54) is 6.07 Å². The van der Waals surface area contributed by atoms with E-state index in [-0.39, 0.29) is 12.2 Å². The second kappa shape index (κ2) is 4.09. The van der Waals surface area contributed by atoms with Crippen molar-refractivity contribution in [3.8, 4) is 0 Å². The minimum absolute atomic E-state index is 0.0407. The van der Waals surface area contributed by atoms with E-state index in [0.29, 0.717) is 11.3 Å². The molecule has 0 aliphatic heterocycles. The van der Waals surface area contributed by atoms with Crippen LogP contribution in [0.5, 0.6) is 0 Å². The zero-order chi connectivity index (χ0) is 10.7. The molecular formula is C10H12FNO2. The van der Waals surface area contributed by atoms with Crippen molar-refractivity contribution in [2.45, 2.75) is 13.8 Å². The Labute approximate surface area is 81.7 Å². The van der Waals surface area contributed by atoms with E-state index in [2.05, 4.69) is 0 Å². The molecule has 14 heavy (non-hydrogen) atoms. The molecule has 2 N–H and O–H groups in total. The molecule has 0 unspecified atom stereocenters. The third-order valence-corrected chi connectivity index (χ3v) is 1.79. The molecule has 0 aromatic heterocycles. The van der Waals surface area contributed by atoms with Gasteiger partial charge in [-0.2, -0.15) is 0 Å². The molecule has 0 atom stereocenters. The van der Waals surface area contributed by atoms with Gasteiger partial charge in [-0.05, 0) is 31.5 Å². The van der Waals surface area contributed by atoms with Crippen molar-refractivity contribution in [1.82, 2.24) is 0 Å². The molecule has 0 saturated heterocycles. The molecule has 0 bridgehead atoms. The fraction of sp³-hybridized carbons (Fsp3) is 0.300. The molecule has 1 aromatic rings. The van der Waals surface area contributed by atoms with Gasteiger partial charge < -0.3 is 10.5 Å². The van der Waals surface area contributed by atoms with Crippen molar-refractivity contribution in [2.75, 3.05) is 12.3 Å². The first-order chi connectivity index (χ1) is 6.56. The van der Waals surface area contributed by atoms with E-state index in [1.807, 2.05) is 0 Å². The van der Waals surface area contributed by atoms with E-state index >= 15 is 0 Å². The van der Waals surface area contributed by atoms with Crippen LogP contribution in [0.3, 0.4) is 0 Å². The molecule has 1 rings (SSSR count). The highest BCUT2D eigenvalue weighted by Gasteiger charge is 2.16. The van der Waals surface area contributed by atoms with Crippen LogP contribution in [0.15, 0.2) is 12.1 Å². The molecular weight excluding hydrogens is 185 g/mol. The maximum atomic E-state index is 13.3. The van der Waals surface area contributed by atoms with E-state index in [4.69, 9.17) is 10.5 Å². The Morgan fingerprint density at radius 3 is 2.71 bits per heavy atom. The van der Waals surface area contributed by atoms with Gasteiger partial charge in [0.1, 0.15) is 5.82 Å². The molecule has 0 spiro atoms. The van der Waals surface area contributed by atoms with Gasteiger partial charge in [0.2, 0.25) is 0 Å². The standard InChI is InChI=1S/C10H12FNO2/c1-3-14-10(13)9-6(2)4-7(12)5-8(9)11/h4-5H,3,12H2,1-2H3. The quantitative estimate of drug-likeness (QED) is 0.581. The Bertz CT molecular complexity index is 340. The summed E-state index contributed by atoms with van der Waals surface area (Å²) in [6.45, 7) is 3.51. The first kappa shape index (κ1) is 10.5. The van der Waals surface area contributed by atoms with Gasteiger partial charge in [-0.1, -0.05) is 0 Å². The first-order valence-corrected chi connectivity index (χ1v) is 4.29. The molecule has 1 aromatic carbocycles. The van der Waals surface area contributed by atoms with Crippen molar-refractivity contribution in [3.63, 3.8) is 0 Å². The van der Waals surface area contributed by atoms with Crippen molar-refractivity contribution in [3.05, 3.63) is 29.1 Å². The van der Waals surface area contributed by atoms with Gasteiger partial charge >= 0.3 is 5.97 Å². The maximum absolute atomic E-state index is 13.3. The molecule has 3 nitrogen and oxygen atoms in total. The minimum Gasteiger partial charge on any atom is -0.462 e. The van der Waals surface area contributed by atoms with Crippen molar-refractivity contribution in [1.29, 1.82) is 0 Å². The zero-order valence-electron chi connectivity index (χ0n) is 8.13. The number of nitrogen functional groups attached to an aromatic ring is 1. The number of nitrogens with two attached hydrogens (primary N) is 1. The second-order valence-corrected chi connectivity index (χ2v) is 2.92. The van der Waals surface area contributed by atoms with Crippen molar-refractivity contribution in [2.24, 2.45) is 0 Å². The van der Waals surface area contributed by atoms with Gasteiger partial charge in [0.15, 0.2) is 0 Å². The largest absolute Gasteiger partial charge is 0.462 e. The van der Waals surface area contributed by atoms with Crippen LogP contribution in [0, 0.1) is 12.7 Å². The van der Waals surface area contributed by atoms with E-state index in [0.717, 1.165) is 6.07 Å². The number of anilines is 1. The summed E-state index contributed by atoms with van der Waals surface area (Å²) in [5.74, 6) is -1.29. The van der Waals surface area contributed by atoms with Crippen molar-refractivity contribution < 1.29 is 13.9 Å². The van der Waals surface area contributed by atoms with Gasteiger partial charge in [0.05, 0.1) is 12.2 Å². The van der Waals surface area contributed by atoms with Gasteiger partial charge in [-0.15, -0.1) is 0 Å². The number of aryl methyl sites for hydroxylation is 1. The van der Waals surface area contributed by atoms with Crippen LogP contribution >= 0.6 is 0 Å². The average Bonchev–Trinajstić information content (AvgIpc) is 2.01. The third-order valence-electron chi connectivity index (χ3n) is 1.79. The number of carbonyl (C=O) groups excluding carboxylic acids is 1. The van der Waals surface area contributed by atoms with E-state index in [9.17, 15) is 9.18 Å². The third kappa shape index (κ3) is 2.02. The minimum atomic E-state index is -0.650. The number of rotatable bonds is 2. The fourth-order valence-corrected chi connectivity index (χ4v) is 1.23. The number of hydrogen-bond donors (Lipinski definition) is 1. The summed E-state index contributed by atoms with van der Waals surface area (Å²) in [4.78, 5) is 11.3. The second-order valence-electron chi connectivity index (χ2n) is 2.92. The van der Waals surface area contributed by atoms with Crippen molar-refractivity contribution >= 4 is 11.7 Å². The number of benzene rings is 1. The number of esters is 1. The van der Waals surface area contributed by atoms with Crippen LogP contribution in [0.1, 0.15) is 22.8 Å². The van der Waals surface area contributed by atoms with Gasteiger partial charge in [0, 0.05) is 5.69 Å². The highest BCUT2D eigenvalue weighted by Crippen LogP contribution is 2.18. The van der Waals surface area contributed by atoms with Gasteiger partial charge in [-0.25, -0.2) is 9.18 Å². The molecule has 0 radical (unpaired) electrons. The zero-order valence-corrected chi connectivity index (χ0v) is 8.13. The monoisotopic (exact) mass is 197 g/mol. The lowest BCUT2D eigenvalue weighted by molar-refractivity contribution is 0.0520. The number of carbonyl (C=O) groups is 1. The molecule has 0 aliphatic carbocycles. The lowest BCUT2D eigenvalue weighted by atomic mass is 10.1. The summed E-state index contributed by atoms with van der Waals surface area (Å²) in [6.07, 6.45) is 0. The van der Waals surface area contributed by atoms with Crippen LogP contribution in [-0.4, -0.2) is 12.6 Å². The topological polar surface area (TPSA) is 52.3 Å². The van der Waals surface area contributed by atoms with Crippen LogP contribution < -0.4 is 5.73 Å². The van der Waals surface area contributed by atoms with Crippen LogP contribution in [0.2, 0.25) is 0 Å². The summed E-state index contributed by atoms with van der Waals surface area (Å²) in [7, 11) is 0. The highest BCUT2D eigenvalue weighted by atomic mass is 19.1. The average molecular weight is 197 g/mol. The molecule has 0 amide bonds. The molecule has 0 saturated carbocycles. The summed E-state index contributed by atoms with van der Waals surface area (Å²) < 4.78 is 18.0. The van der Waals surface area contributed by atoms with Crippen LogP contribution in [0.25, 0.3) is 0 Å². The SMILES string of the molecule is CCOC(=O)c1c(C)cc(N)cc1F. The van der Waals surface area contributed by atoms with E-state index < -0.39 is 11.8 Å². The summed E-state index contributed by atoms with van der Waals surface area (Å²) in [6, 6.07) is 2.65. The lowest BCUT2D eigenvalue weighted by Gasteiger charge is -2.07. The maximum Gasteiger partial charge on any atom is 0.341 e. The van der Waals surface area contributed by atoms with Gasteiger partial charge in [-0.3, -0.25) is 0 Å². The molecule has 4 heteroatoms. The Morgan fingerprint density at radius 2 is 2.21 bits per heavy atom. The number of halogens is 1. The number of ether oxygens (including phenoxy) is 1. The lowest BCUT2D eigenvalue weighted by Crippen LogP contribution is -2.10. The molecule has 0 heterocycles. The molecule has 0 aliphatic rings. The first-order valence-electron chi connectivity index (χ1n) is 4.29. The Kier molecular flexibility index (Phi) is 3.06.